The van der Waals surface area contributed by atoms with Gasteiger partial charge in [-0.1, -0.05) is 72.3 Å². The van der Waals surface area contributed by atoms with Crippen molar-refractivity contribution in [3.63, 3.8) is 0 Å². The van der Waals surface area contributed by atoms with E-state index in [1.165, 1.54) is 23.9 Å². The lowest BCUT2D eigenvalue weighted by atomic mass is 10.0. The van der Waals surface area contributed by atoms with Gasteiger partial charge < -0.3 is 19.2 Å². The van der Waals surface area contributed by atoms with Crippen LogP contribution in [0, 0.1) is 0 Å². The summed E-state index contributed by atoms with van der Waals surface area (Å²) in [4.78, 5) is 37.6. The third-order valence-corrected chi connectivity index (χ3v) is 6.43. The molecule has 0 aliphatic heterocycles. The predicted molar refractivity (Wildman–Crippen MR) is 145 cm³/mol. The van der Waals surface area contributed by atoms with Crippen molar-refractivity contribution < 1.29 is 23.5 Å². The number of alkyl carbamates (subject to hydrolysis) is 1. The van der Waals surface area contributed by atoms with Gasteiger partial charge in [0.05, 0.1) is 5.02 Å². The lowest BCUT2D eigenvalue weighted by Crippen LogP contribution is -2.43. The monoisotopic (exact) mass is 537 g/mol. The number of rotatable bonds is 9. The van der Waals surface area contributed by atoms with Crippen LogP contribution in [0.1, 0.15) is 12.0 Å². The number of hydrogen-bond acceptors (Lipinski definition) is 7. The number of halogens is 1. The first-order valence-corrected chi connectivity index (χ1v) is 13.2. The van der Waals surface area contributed by atoms with Gasteiger partial charge >= 0.3 is 17.7 Å². The first kappa shape index (κ1) is 26.3. The molecule has 37 heavy (non-hydrogen) atoms. The molecular weight excluding hydrogens is 514 g/mol. The molecule has 3 aromatic carbocycles. The van der Waals surface area contributed by atoms with E-state index >= 15 is 0 Å². The van der Waals surface area contributed by atoms with Gasteiger partial charge in [-0.05, 0) is 41.2 Å². The number of amides is 1. The topological polar surface area (TPSA) is 94.8 Å². The number of fused-ring (bicyclic) bond motifs is 1. The number of nitrogens with one attached hydrogen (secondary N) is 1. The number of ether oxygens (including phenoxy) is 2. The SMILES string of the molecule is CSCC[C@@H](NC(=O)OCc1ccccc1)C(=O)Oc1cc2oc(=O)cc(-c3ccccc3)c2cc1Cl. The number of hydrogen-bond donors (Lipinski definition) is 1. The van der Waals surface area contributed by atoms with Crippen molar-refractivity contribution in [2.75, 3.05) is 12.0 Å². The van der Waals surface area contributed by atoms with Gasteiger partial charge in [-0.3, -0.25) is 0 Å². The highest BCUT2D eigenvalue weighted by atomic mass is 35.5. The maximum Gasteiger partial charge on any atom is 0.408 e. The van der Waals surface area contributed by atoms with E-state index in [4.69, 9.17) is 25.5 Å². The molecule has 0 radical (unpaired) electrons. The van der Waals surface area contributed by atoms with Crippen LogP contribution in [-0.4, -0.2) is 30.1 Å². The largest absolute Gasteiger partial charge is 0.445 e. The summed E-state index contributed by atoms with van der Waals surface area (Å²) in [5.41, 5.74) is 1.95. The van der Waals surface area contributed by atoms with E-state index in [2.05, 4.69) is 5.32 Å². The molecule has 0 spiro atoms. The molecule has 0 fully saturated rings. The molecule has 0 saturated carbocycles. The number of thioether (sulfide) groups is 1. The molecule has 0 saturated heterocycles. The summed E-state index contributed by atoms with van der Waals surface area (Å²) in [5, 5.41) is 3.32. The van der Waals surface area contributed by atoms with Crippen molar-refractivity contribution in [3.05, 3.63) is 99.9 Å². The maximum absolute atomic E-state index is 13.0. The number of benzene rings is 3. The van der Waals surface area contributed by atoms with Gasteiger partial charge in [0.2, 0.25) is 0 Å². The molecule has 1 aromatic heterocycles. The van der Waals surface area contributed by atoms with Crippen LogP contribution in [-0.2, 0) is 16.1 Å². The Kier molecular flexibility index (Phi) is 8.87. The second kappa shape index (κ2) is 12.5. The van der Waals surface area contributed by atoms with Gasteiger partial charge in [0.25, 0.3) is 0 Å². The Labute approximate surface area is 222 Å². The quantitative estimate of drug-likeness (QED) is 0.157. The number of carbonyl (C=O) groups is 2. The van der Waals surface area contributed by atoms with Crippen LogP contribution in [0.5, 0.6) is 5.75 Å². The second-order valence-electron chi connectivity index (χ2n) is 8.09. The minimum atomic E-state index is -0.967. The molecule has 1 atom stereocenters. The lowest BCUT2D eigenvalue weighted by molar-refractivity contribution is -0.136. The Balaban J connectivity index is 1.53. The fourth-order valence-electron chi connectivity index (χ4n) is 3.67. The van der Waals surface area contributed by atoms with Gasteiger partial charge in [-0.25, -0.2) is 14.4 Å². The van der Waals surface area contributed by atoms with Crippen molar-refractivity contribution in [2.24, 2.45) is 0 Å². The summed E-state index contributed by atoms with van der Waals surface area (Å²) in [6.45, 7) is 0.0657. The minimum absolute atomic E-state index is 0.0149. The molecule has 7 nitrogen and oxygen atoms in total. The first-order chi connectivity index (χ1) is 17.9. The van der Waals surface area contributed by atoms with E-state index in [1.807, 2.05) is 66.9 Å². The smallest absolute Gasteiger partial charge is 0.408 e. The Morgan fingerprint density at radius 3 is 2.43 bits per heavy atom. The average Bonchev–Trinajstić information content (AvgIpc) is 2.91. The zero-order valence-electron chi connectivity index (χ0n) is 19.9. The Hall–Kier alpha value is -3.75. The Morgan fingerprint density at radius 2 is 1.73 bits per heavy atom. The second-order valence-corrected chi connectivity index (χ2v) is 9.48. The van der Waals surface area contributed by atoms with Crippen molar-refractivity contribution in [1.82, 2.24) is 5.32 Å². The van der Waals surface area contributed by atoms with Crippen molar-refractivity contribution >= 4 is 46.4 Å². The van der Waals surface area contributed by atoms with Crippen LogP contribution in [0.4, 0.5) is 4.79 Å². The molecule has 0 bridgehead atoms. The highest BCUT2D eigenvalue weighted by molar-refractivity contribution is 7.98. The van der Waals surface area contributed by atoms with Crippen LogP contribution in [0.25, 0.3) is 22.1 Å². The predicted octanol–water partition coefficient (Wildman–Crippen LogP) is 6.07. The van der Waals surface area contributed by atoms with Crippen molar-refractivity contribution in [2.45, 2.75) is 19.1 Å². The van der Waals surface area contributed by atoms with Gasteiger partial charge in [0.15, 0.2) is 5.75 Å². The maximum atomic E-state index is 13.0. The average molecular weight is 538 g/mol. The molecule has 9 heteroatoms. The van der Waals surface area contributed by atoms with Crippen LogP contribution >= 0.6 is 23.4 Å². The summed E-state index contributed by atoms with van der Waals surface area (Å²) in [6.07, 6.45) is 1.47. The molecule has 4 rings (SSSR count). The van der Waals surface area contributed by atoms with Crippen LogP contribution in [0.2, 0.25) is 5.02 Å². The molecule has 4 aromatic rings. The third kappa shape index (κ3) is 6.93. The van der Waals surface area contributed by atoms with E-state index in [9.17, 15) is 14.4 Å². The molecule has 1 N–H and O–H groups in total. The minimum Gasteiger partial charge on any atom is -0.445 e. The summed E-state index contributed by atoms with van der Waals surface area (Å²) in [5.74, 6) is -0.103. The van der Waals surface area contributed by atoms with Gasteiger partial charge in [0, 0.05) is 17.5 Å². The fraction of sp³-hybridized carbons (Fsp3) is 0.179. The van der Waals surface area contributed by atoms with Gasteiger partial charge in [-0.2, -0.15) is 11.8 Å². The Morgan fingerprint density at radius 1 is 1.03 bits per heavy atom. The van der Waals surface area contributed by atoms with Gasteiger partial charge in [-0.15, -0.1) is 0 Å². The van der Waals surface area contributed by atoms with E-state index in [0.717, 1.165) is 11.1 Å². The third-order valence-electron chi connectivity index (χ3n) is 5.49. The molecule has 1 heterocycles. The van der Waals surface area contributed by atoms with Crippen LogP contribution in [0.15, 0.2) is 88.1 Å². The molecule has 0 aliphatic carbocycles. The first-order valence-electron chi connectivity index (χ1n) is 11.5. The molecule has 0 unspecified atom stereocenters. The number of carbonyl (C=O) groups excluding carboxylic acids is 2. The normalized spacial score (nSPS) is 11.6. The molecule has 0 aliphatic rings. The van der Waals surface area contributed by atoms with E-state index < -0.39 is 23.7 Å². The summed E-state index contributed by atoms with van der Waals surface area (Å²) in [6, 6.07) is 22.0. The molecule has 190 valence electrons. The number of esters is 1. The van der Waals surface area contributed by atoms with Crippen molar-refractivity contribution in [3.8, 4) is 16.9 Å². The highest BCUT2D eigenvalue weighted by Crippen LogP contribution is 2.35. The lowest BCUT2D eigenvalue weighted by Gasteiger charge is -2.18. The van der Waals surface area contributed by atoms with Crippen LogP contribution < -0.4 is 15.7 Å². The van der Waals surface area contributed by atoms with Crippen molar-refractivity contribution in [1.29, 1.82) is 0 Å². The van der Waals surface area contributed by atoms with E-state index in [1.54, 1.807) is 6.07 Å². The van der Waals surface area contributed by atoms with Gasteiger partial charge in [0.1, 0.15) is 18.2 Å². The summed E-state index contributed by atoms with van der Waals surface area (Å²) >= 11 is 7.99. The van der Waals surface area contributed by atoms with E-state index in [0.29, 0.717) is 23.1 Å². The zero-order chi connectivity index (χ0) is 26.2. The fourth-order valence-corrected chi connectivity index (χ4v) is 4.34. The van der Waals surface area contributed by atoms with Crippen LogP contribution in [0.3, 0.4) is 0 Å². The zero-order valence-corrected chi connectivity index (χ0v) is 21.5. The summed E-state index contributed by atoms with van der Waals surface area (Å²) < 4.78 is 16.2. The van der Waals surface area contributed by atoms with E-state index in [-0.39, 0.29) is 23.0 Å². The molecular formula is C28H24ClNO6S. The highest BCUT2D eigenvalue weighted by Gasteiger charge is 2.25. The Bertz CT molecular complexity index is 1440. The standard InChI is InChI=1S/C28H24ClNO6S/c1-37-13-12-23(30-28(33)34-17-18-8-4-2-5-9-18)27(32)36-25-16-24-21(14-22(25)29)20(15-26(31)35-24)19-10-6-3-7-11-19/h2-11,14-16,23H,12-13,17H2,1H3,(H,30,33)/t23-/m1/s1. The molecule has 1 amide bonds. The summed E-state index contributed by atoms with van der Waals surface area (Å²) in [7, 11) is 0.